The average molecular weight is 309 g/mol. The van der Waals surface area contributed by atoms with E-state index in [4.69, 9.17) is 0 Å². The number of carbonyl (C=O) groups is 1. The molecule has 0 spiro atoms. The van der Waals surface area contributed by atoms with Crippen LogP contribution < -0.4 is 4.90 Å². The van der Waals surface area contributed by atoms with Gasteiger partial charge in [-0.1, -0.05) is 0 Å². The average Bonchev–Trinajstić information content (AvgIpc) is 2.66. The number of hydrogen-bond donors (Lipinski definition) is 0. The van der Waals surface area contributed by atoms with Crippen molar-refractivity contribution in [3.8, 4) is 0 Å². The van der Waals surface area contributed by atoms with Crippen LogP contribution in [0.3, 0.4) is 0 Å². The molecule has 0 aromatic carbocycles. The zero-order valence-electron chi connectivity index (χ0n) is 12.2. The molecule has 7 heteroatoms. The largest absolute Gasteiger partial charge is 0.347 e. The molecule has 6 nitrogen and oxygen atoms in total. The first-order valence-electron chi connectivity index (χ1n) is 7.16. The van der Waals surface area contributed by atoms with Crippen LogP contribution in [0.4, 0.5) is 5.95 Å². The van der Waals surface area contributed by atoms with Gasteiger partial charge in [-0.05, 0) is 25.7 Å². The summed E-state index contributed by atoms with van der Waals surface area (Å²) in [6.07, 6.45) is 5.38. The van der Waals surface area contributed by atoms with Crippen molar-refractivity contribution in [2.75, 3.05) is 19.0 Å². The van der Waals surface area contributed by atoms with Crippen molar-refractivity contribution in [3.63, 3.8) is 0 Å². The zero-order valence-corrected chi connectivity index (χ0v) is 13.0. The Balaban J connectivity index is 1.78. The van der Waals surface area contributed by atoms with Crippen LogP contribution in [0.5, 0.6) is 0 Å². The molecule has 114 valence electrons. The minimum absolute atomic E-state index is 0.0212. The van der Waals surface area contributed by atoms with E-state index in [1.807, 2.05) is 14.1 Å². The Bertz CT molecular complexity index is 635. The molecule has 3 heterocycles. The molecule has 2 aliphatic heterocycles. The number of hydrogen-bond acceptors (Lipinski definition) is 6. The molecular formula is C14H19N3O3S. The highest BCUT2D eigenvalue weighted by Gasteiger charge is 2.48. The second-order valence-electron chi connectivity index (χ2n) is 6.11. The standard InChI is InChI=1S/C14H19N3O3S/c1-17(2)14-15-7-10(8-16-14)13(18)9-5-11-3-4-12(6-9)21(11,19)20/h7-9,11-12H,3-6H2,1-2H3. The van der Waals surface area contributed by atoms with E-state index in [2.05, 4.69) is 9.97 Å². The Morgan fingerprint density at radius 3 is 2.14 bits per heavy atom. The van der Waals surface area contributed by atoms with Crippen LogP contribution in [0.1, 0.15) is 36.0 Å². The summed E-state index contributed by atoms with van der Waals surface area (Å²) in [6, 6.07) is 0. The molecule has 2 fully saturated rings. The predicted molar refractivity (Wildman–Crippen MR) is 79.1 cm³/mol. The van der Waals surface area contributed by atoms with Gasteiger partial charge in [0.15, 0.2) is 15.6 Å². The smallest absolute Gasteiger partial charge is 0.224 e. The maximum absolute atomic E-state index is 12.5. The van der Waals surface area contributed by atoms with Crippen LogP contribution in [-0.2, 0) is 9.84 Å². The summed E-state index contributed by atoms with van der Waals surface area (Å²) in [4.78, 5) is 22.6. The van der Waals surface area contributed by atoms with Gasteiger partial charge < -0.3 is 4.90 Å². The number of rotatable bonds is 3. The van der Waals surface area contributed by atoms with Crippen molar-refractivity contribution >= 4 is 21.6 Å². The highest BCUT2D eigenvalue weighted by Crippen LogP contribution is 2.42. The summed E-state index contributed by atoms with van der Waals surface area (Å²) in [6.45, 7) is 0. The van der Waals surface area contributed by atoms with E-state index in [-0.39, 0.29) is 22.2 Å². The van der Waals surface area contributed by atoms with Gasteiger partial charge >= 0.3 is 0 Å². The molecule has 1 aromatic rings. The number of anilines is 1. The first-order valence-corrected chi connectivity index (χ1v) is 8.77. The van der Waals surface area contributed by atoms with Crippen molar-refractivity contribution in [3.05, 3.63) is 18.0 Å². The van der Waals surface area contributed by atoms with E-state index in [9.17, 15) is 13.2 Å². The molecule has 3 rings (SSSR count). The van der Waals surface area contributed by atoms with Crippen LogP contribution in [0.2, 0.25) is 0 Å². The van der Waals surface area contributed by atoms with Crippen molar-refractivity contribution < 1.29 is 13.2 Å². The van der Waals surface area contributed by atoms with Crippen molar-refractivity contribution in [2.45, 2.75) is 36.2 Å². The molecule has 1 aromatic heterocycles. The molecule has 0 N–H and O–H groups in total. The summed E-state index contributed by atoms with van der Waals surface area (Å²) < 4.78 is 24.1. The van der Waals surface area contributed by atoms with Crippen molar-refractivity contribution in [1.29, 1.82) is 0 Å². The second-order valence-corrected chi connectivity index (χ2v) is 8.62. The first-order chi connectivity index (χ1) is 9.89. The summed E-state index contributed by atoms with van der Waals surface area (Å²) in [5.74, 6) is 0.324. The third kappa shape index (κ3) is 2.43. The van der Waals surface area contributed by atoms with Gasteiger partial charge in [-0.2, -0.15) is 0 Å². The number of nitrogens with zero attached hydrogens (tertiary/aromatic N) is 3. The lowest BCUT2D eigenvalue weighted by Gasteiger charge is -2.26. The molecule has 2 bridgehead atoms. The van der Waals surface area contributed by atoms with Gasteiger partial charge in [0.05, 0.1) is 16.1 Å². The normalized spacial score (nSPS) is 30.1. The second kappa shape index (κ2) is 5.05. The van der Waals surface area contributed by atoms with E-state index in [0.717, 1.165) is 0 Å². The van der Waals surface area contributed by atoms with Gasteiger partial charge in [-0.3, -0.25) is 4.79 Å². The molecule has 2 aliphatic rings. The monoisotopic (exact) mass is 309 g/mol. The highest BCUT2D eigenvalue weighted by atomic mass is 32.2. The minimum atomic E-state index is -2.99. The molecule has 21 heavy (non-hydrogen) atoms. The Morgan fingerprint density at radius 1 is 1.14 bits per heavy atom. The molecule has 2 unspecified atom stereocenters. The van der Waals surface area contributed by atoms with Gasteiger partial charge in [-0.25, -0.2) is 18.4 Å². The quantitative estimate of drug-likeness (QED) is 0.777. The van der Waals surface area contributed by atoms with Crippen molar-refractivity contribution in [1.82, 2.24) is 9.97 Å². The van der Waals surface area contributed by atoms with Gasteiger partial charge in [0, 0.05) is 32.4 Å². The first kappa shape index (κ1) is 14.4. The number of sulfone groups is 1. The van der Waals surface area contributed by atoms with Gasteiger partial charge in [0.1, 0.15) is 0 Å². The summed E-state index contributed by atoms with van der Waals surface area (Å²) in [5, 5.41) is -0.653. The van der Waals surface area contributed by atoms with Crippen molar-refractivity contribution in [2.24, 2.45) is 5.92 Å². The Morgan fingerprint density at radius 2 is 1.67 bits per heavy atom. The lowest BCUT2D eigenvalue weighted by Crippen LogP contribution is -2.36. The topological polar surface area (TPSA) is 80.2 Å². The van der Waals surface area contributed by atoms with Crippen LogP contribution >= 0.6 is 0 Å². The van der Waals surface area contributed by atoms with E-state index < -0.39 is 9.84 Å². The van der Waals surface area contributed by atoms with Crippen LogP contribution in [-0.4, -0.2) is 48.8 Å². The third-order valence-electron chi connectivity index (χ3n) is 4.53. The fourth-order valence-electron chi connectivity index (χ4n) is 3.34. The van der Waals surface area contributed by atoms with Crippen LogP contribution in [0, 0.1) is 5.92 Å². The van der Waals surface area contributed by atoms with Gasteiger partial charge in [0.25, 0.3) is 0 Å². The lowest BCUT2D eigenvalue weighted by molar-refractivity contribution is 0.0904. The molecule has 0 saturated carbocycles. The maximum Gasteiger partial charge on any atom is 0.224 e. The van der Waals surface area contributed by atoms with Crippen LogP contribution in [0.15, 0.2) is 12.4 Å². The predicted octanol–water partition coefficient (Wildman–Crippen LogP) is 1.08. The molecule has 2 saturated heterocycles. The SMILES string of the molecule is CN(C)c1ncc(C(=O)C2CC3CCC(C2)S3(=O)=O)cn1. The molecule has 0 amide bonds. The number of aromatic nitrogens is 2. The number of fused-ring (bicyclic) bond motifs is 2. The zero-order chi connectivity index (χ0) is 15.2. The minimum Gasteiger partial charge on any atom is -0.347 e. The number of ketones is 1. The molecule has 0 radical (unpaired) electrons. The van der Waals surface area contributed by atoms with E-state index >= 15 is 0 Å². The van der Waals surface area contributed by atoms with Crippen LogP contribution in [0.25, 0.3) is 0 Å². The molecular weight excluding hydrogens is 290 g/mol. The number of carbonyl (C=O) groups excluding carboxylic acids is 1. The highest BCUT2D eigenvalue weighted by molar-refractivity contribution is 7.93. The Kier molecular flexibility index (Phi) is 3.47. The molecule has 0 aliphatic carbocycles. The fourth-order valence-corrected chi connectivity index (χ4v) is 5.81. The van der Waals surface area contributed by atoms with E-state index in [1.165, 1.54) is 12.4 Å². The van der Waals surface area contributed by atoms with E-state index in [1.54, 1.807) is 4.90 Å². The van der Waals surface area contributed by atoms with Gasteiger partial charge in [0.2, 0.25) is 5.95 Å². The third-order valence-corrected chi connectivity index (χ3v) is 7.24. The lowest BCUT2D eigenvalue weighted by atomic mass is 9.91. The summed E-state index contributed by atoms with van der Waals surface area (Å²) in [5.41, 5.74) is 0.476. The Labute approximate surface area is 124 Å². The van der Waals surface area contributed by atoms with E-state index in [0.29, 0.717) is 37.2 Å². The molecule has 2 atom stereocenters. The number of Topliss-reactive ketones (excluding diaryl/α,β-unsaturated/α-hetero) is 1. The summed E-state index contributed by atoms with van der Waals surface area (Å²) in [7, 11) is 0.682. The summed E-state index contributed by atoms with van der Waals surface area (Å²) >= 11 is 0. The fraction of sp³-hybridized carbons (Fsp3) is 0.643. The maximum atomic E-state index is 12.5. The van der Waals surface area contributed by atoms with Gasteiger partial charge in [-0.15, -0.1) is 0 Å². The Hall–Kier alpha value is -1.50.